The molecule has 0 radical (unpaired) electrons. The van der Waals surface area contributed by atoms with E-state index < -0.39 is 0 Å². The SMILES string of the molecule is Cc1cc(Cl)ccc1OCC(=O)N1CCN(CCn2cncn2)CC1. The fourth-order valence-electron chi connectivity index (χ4n) is 2.82. The van der Waals surface area contributed by atoms with Gasteiger partial charge in [-0.15, -0.1) is 0 Å². The Labute approximate surface area is 152 Å². The minimum absolute atomic E-state index is 0.0188. The molecule has 0 unspecified atom stereocenters. The van der Waals surface area contributed by atoms with Crippen LogP contribution in [0.25, 0.3) is 0 Å². The van der Waals surface area contributed by atoms with Gasteiger partial charge in [0.15, 0.2) is 6.61 Å². The number of piperazine rings is 1. The fraction of sp³-hybridized carbons (Fsp3) is 0.471. The number of carbonyl (C=O) groups is 1. The summed E-state index contributed by atoms with van der Waals surface area (Å²) in [6.45, 7) is 6.86. The van der Waals surface area contributed by atoms with Gasteiger partial charge in [0.1, 0.15) is 18.4 Å². The highest BCUT2D eigenvalue weighted by Gasteiger charge is 2.21. The second-order valence-corrected chi connectivity index (χ2v) is 6.52. The lowest BCUT2D eigenvalue weighted by Crippen LogP contribution is -2.50. The van der Waals surface area contributed by atoms with E-state index in [0.717, 1.165) is 44.8 Å². The summed E-state index contributed by atoms with van der Waals surface area (Å²) < 4.78 is 7.47. The van der Waals surface area contributed by atoms with Gasteiger partial charge in [-0.1, -0.05) is 11.6 Å². The Morgan fingerprint density at radius 2 is 2.04 bits per heavy atom. The number of benzene rings is 1. The zero-order chi connectivity index (χ0) is 17.6. The number of carbonyl (C=O) groups excluding carboxylic acids is 1. The summed E-state index contributed by atoms with van der Waals surface area (Å²) in [5.74, 6) is 0.717. The number of aryl methyl sites for hydroxylation is 1. The Bertz CT molecular complexity index is 699. The van der Waals surface area contributed by atoms with Crippen molar-refractivity contribution in [3.63, 3.8) is 0 Å². The molecule has 1 fully saturated rings. The van der Waals surface area contributed by atoms with Gasteiger partial charge in [0.05, 0.1) is 6.54 Å². The first-order valence-electron chi connectivity index (χ1n) is 8.33. The second-order valence-electron chi connectivity index (χ2n) is 6.08. The molecule has 2 heterocycles. The van der Waals surface area contributed by atoms with Crippen molar-refractivity contribution in [2.75, 3.05) is 39.3 Å². The number of rotatable bonds is 6. The third-order valence-corrected chi connectivity index (χ3v) is 4.56. The topological polar surface area (TPSA) is 63.5 Å². The molecule has 1 aliphatic heterocycles. The third-order valence-electron chi connectivity index (χ3n) is 4.33. The first kappa shape index (κ1) is 17.7. The Balaban J connectivity index is 1.40. The number of hydrogen-bond donors (Lipinski definition) is 0. The Morgan fingerprint density at radius 1 is 1.24 bits per heavy atom. The van der Waals surface area contributed by atoms with Gasteiger partial charge in [0, 0.05) is 37.7 Å². The number of hydrogen-bond acceptors (Lipinski definition) is 5. The zero-order valence-electron chi connectivity index (χ0n) is 14.3. The fourth-order valence-corrected chi connectivity index (χ4v) is 3.05. The Kier molecular flexibility index (Phi) is 5.88. The first-order valence-corrected chi connectivity index (χ1v) is 8.71. The van der Waals surface area contributed by atoms with Crippen LogP contribution in [0, 0.1) is 6.92 Å². The maximum Gasteiger partial charge on any atom is 0.260 e. The molecule has 2 aromatic rings. The molecule has 1 aromatic heterocycles. The van der Waals surface area contributed by atoms with Gasteiger partial charge in [-0.3, -0.25) is 14.4 Å². The van der Waals surface area contributed by atoms with E-state index in [1.54, 1.807) is 24.8 Å². The van der Waals surface area contributed by atoms with Crippen LogP contribution in [0.5, 0.6) is 5.75 Å². The predicted octanol–water partition coefficient (Wildman–Crippen LogP) is 1.46. The van der Waals surface area contributed by atoms with Crippen molar-refractivity contribution in [1.82, 2.24) is 24.6 Å². The smallest absolute Gasteiger partial charge is 0.260 e. The van der Waals surface area contributed by atoms with Crippen LogP contribution in [0.4, 0.5) is 0 Å². The highest BCUT2D eigenvalue weighted by molar-refractivity contribution is 6.30. The van der Waals surface area contributed by atoms with E-state index in [9.17, 15) is 4.79 Å². The van der Waals surface area contributed by atoms with Crippen molar-refractivity contribution < 1.29 is 9.53 Å². The van der Waals surface area contributed by atoms with Crippen molar-refractivity contribution in [2.24, 2.45) is 0 Å². The van der Waals surface area contributed by atoms with Crippen LogP contribution in [0.15, 0.2) is 30.9 Å². The van der Waals surface area contributed by atoms with E-state index >= 15 is 0 Å². The molecule has 0 atom stereocenters. The van der Waals surface area contributed by atoms with Crippen LogP contribution in [-0.2, 0) is 11.3 Å². The van der Waals surface area contributed by atoms with Gasteiger partial charge in [0.2, 0.25) is 0 Å². The van der Waals surface area contributed by atoms with Gasteiger partial charge in [-0.05, 0) is 30.7 Å². The number of ether oxygens (including phenoxy) is 1. The molecule has 134 valence electrons. The van der Waals surface area contributed by atoms with Gasteiger partial charge in [-0.2, -0.15) is 5.10 Å². The number of nitrogens with zero attached hydrogens (tertiary/aromatic N) is 5. The third kappa shape index (κ3) is 4.93. The minimum Gasteiger partial charge on any atom is -0.483 e. The molecule has 0 aliphatic carbocycles. The highest BCUT2D eigenvalue weighted by Crippen LogP contribution is 2.21. The molecular weight excluding hydrogens is 342 g/mol. The van der Waals surface area contributed by atoms with E-state index in [0.29, 0.717) is 10.8 Å². The van der Waals surface area contributed by atoms with E-state index in [2.05, 4.69) is 15.0 Å². The van der Waals surface area contributed by atoms with Crippen LogP contribution in [0.1, 0.15) is 5.56 Å². The lowest BCUT2D eigenvalue weighted by Gasteiger charge is -2.34. The normalized spacial score (nSPS) is 15.4. The Morgan fingerprint density at radius 3 is 2.72 bits per heavy atom. The molecule has 1 saturated heterocycles. The van der Waals surface area contributed by atoms with E-state index in [1.807, 2.05) is 22.6 Å². The lowest BCUT2D eigenvalue weighted by molar-refractivity contribution is -0.135. The maximum atomic E-state index is 12.3. The zero-order valence-corrected chi connectivity index (χ0v) is 15.0. The van der Waals surface area contributed by atoms with Crippen molar-refractivity contribution in [3.05, 3.63) is 41.4 Å². The average molecular weight is 364 g/mol. The molecule has 1 amide bonds. The van der Waals surface area contributed by atoms with Gasteiger partial charge >= 0.3 is 0 Å². The van der Waals surface area contributed by atoms with Crippen molar-refractivity contribution in [1.29, 1.82) is 0 Å². The average Bonchev–Trinajstić information content (AvgIpc) is 3.13. The van der Waals surface area contributed by atoms with Crippen LogP contribution in [0.2, 0.25) is 5.02 Å². The molecule has 1 aromatic carbocycles. The van der Waals surface area contributed by atoms with Crippen LogP contribution in [-0.4, -0.2) is 69.8 Å². The molecule has 0 N–H and O–H groups in total. The van der Waals surface area contributed by atoms with Crippen LogP contribution in [0.3, 0.4) is 0 Å². The molecule has 7 nitrogen and oxygen atoms in total. The number of amides is 1. The van der Waals surface area contributed by atoms with Crippen LogP contribution < -0.4 is 4.74 Å². The van der Waals surface area contributed by atoms with Crippen molar-refractivity contribution in [3.8, 4) is 5.75 Å². The summed E-state index contributed by atoms with van der Waals surface area (Å²) in [6.07, 6.45) is 3.26. The summed E-state index contributed by atoms with van der Waals surface area (Å²) in [5, 5.41) is 4.76. The van der Waals surface area contributed by atoms with Crippen molar-refractivity contribution >= 4 is 17.5 Å². The summed E-state index contributed by atoms with van der Waals surface area (Å²) in [5.41, 5.74) is 0.929. The van der Waals surface area contributed by atoms with Gasteiger partial charge in [-0.25, -0.2) is 4.98 Å². The van der Waals surface area contributed by atoms with Gasteiger partial charge < -0.3 is 9.64 Å². The summed E-state index contributed by atoms with van der Waals surface area (Å²) >= 11 is 5.93. The summed E-state index contributed by atoms with van der Waals surface area (Å²) in [6, 6.07) is 5.39. The standard InChI is InChI=1S/C17H22ClN5O2/c1-14-10-15(18)2-3-16(14)25-11-17(24)22-7-4-21(5-8-22)6-9-23-13-19-12-20-23/h2-3,10,12-13H,4-9,11H2,1H3. The van der Waals surface area contributed by atoms with Crippen LogP contribution >= 0.6 is 11.6 Å². The molecule has 1 aliphatic rings. The molecule has 3 rings (SSSR count). The minimum atomic E-state index is 0.0188. The van der Waals surface area contributed by atoms with E-state index in [-0.39, 0.29) is 12.5 Å². The highest BCUT2D eigenvalue weighted by atomic mass is 35.5. The molecule has 8 heteroatoms. The predicted molar refractivity (Wildman–Crippen MR) is 94.7 cm³/mol. The number of halogens is 1. The maximum absolute atomic E-state index is 12.3. The monoisotopic (exact) mass is 363 g/mol. The molecule has 0 bridgehead atoms. The second kappa shape index (κ2) is 8.31. The molecule has 0 spiro atoms. The molecule has 0 saturated carbocycles. The van der Waals surface area contributed by atoms with Crippen molar-refractivity contribution in [2.45, 2.75) is 13.5 Å². The molecular formula is C17H22ClN5O2. The van der Waals surface area contributed by atoms with E-state index in [4.69, 9.17) is 16.3 Å². The summed E-state index contributed by atoms with van der Waals surface area (Å²) in [7, 11) is 0. The first-order chi connectivity index (χ1) is 12.1. The quantitative estimate of drug-likeness (QED) is 0.777. The van der Waals surface area contributed by atoms with Gasteiger partial charge in [0.25, 0.3) is 5.91 Å². The largest absolute Gasteiger partial charge is 0.483 e. The Hall–Kier alpha value is -2.12. The summed E-state index contributed by atoms with van der Waals surface area (Å²) in [4.78, 5) is 20.5. The van der Waals surface area contributed by atoms with E-state index in [1.165, 1.54) is 0 Å². The number of aromatic nitrogens is 3. The molecule has 25 heavy (non-hydrogen) atoms. The lowest BCUT2D eigenvalue weighted by atomic mass is 10.2.